The van der Waals surface area contributed by atoms with Crippen LogP contribution in [0.25, 0.3) is 0 Å². The van der Waals surface area contributed by atoms with Gasteiger partial charge >= 0.3 is 0 Å². The molecule has 0 amide bonds. The molecule has 1 aromatic carbocycles. The van der Waals surface area contributed by atoms with Crippen LogP contribution in [0.4, 0.5) is 13.2 Å². The van der Waals surface area contributed by atoms with Crippen molar-refractivity contribution in [3.63, 3.8) is 0 Å². The molecule has 0 saturated heterocycles. The molecule has 3 N–H and O–H groups in total. The van der Waals surface area contributed by atoms with Gasteiger partial charge in [0.2, 0.25) is 10.0 Å². The number of alkyl halides is 2. The van der Waals surface area contributed by atoms with Crippen LogP contribution in [0, 0.1) is 5.82 Å². The third-order valence-corrected chi connectivity index (χ3v) is 3.38. The SMILES string of the molecule is Cl.NCC(F)(F)CNS(=O)(=O)c1ccccc1F. The molecule has 0 aliphatic heterocycles. The van der Waals surface area contributed by atoms with Crippen molar-refractivity contribution in [2.24, 2.45) is 5.73 Å². The average Bonchev–Trinajstić information content (AvgIpc) is 2.27. The normalized spacial score (nSPS) is 12.0. The number of nitrogens with one attached hydrogen (secondary N) is 1. The van der Waals surface area contributed by atoms with E-state index in [0.29, 0.717) is 0 Å². The Labute approximate surface area is 109 Å². The van der Waals surface area contributed by atoms with Crippen LogP contribution in [-0.4, -0.2) is 27.4 Å². The highest BCUT2D eigenvalue weighted by molar-refractivity contribution is 7.89. The molecule has 0 spiro atoms. The second-order valence-electron chi connectivity index (χ2n) is 3.32. The molecule has 0 unspecified atom stereocenters. The van der Waals surface area contributed by atoms with Crippen molar-refractivity contribution in [2.45, 2.75) is 10.8 Å². The van der Waals surface area contributed by atoms with Crippen LogP contribution in [-0.2, 0) is 10.0 Å². The lowest BCUT2D eigenvalue weighted by atomic mass is 10.3. The molecule has 9 heteroatoms. The molecule has 1 aromatic rings. The zero-order valence-electron chi connectivity index (χ0n) is 9.07. The van der Waals surface area contributed by atoms with Crippen molar-refractivity contribution in [3.8, 4) is 0 Å². The highest BCUT2D eigenvalue weighted by atomic mass is 35.5. The van der Waals surface area contributed by atoms with Crippen LogP contribution in [0.15, 0.2) is 29.2 Å². The summed E-state index contributed by atoms with van der Waals surface area (Å²) in [4.78, 5) is -0.673. The molecule has 0 aromatic heterocycles. The van der Waals surface area contributed by atoms with Gasteiger partial charge in [-0.2, -0.15) is 0 Å². The van der Waals surface area contributed by atoms with E-state index in [-0.39, 0.29) is 12.4 Å². The molecule has 18 heavy (non-hydrogen) atoms. The lowest BCUT2D eigenvalue weighted by Gasteiger charge is -2.14. The zero-order chi connectivity index (χ0) is 13.1. The summed E-state index contributed by atoms with van der Waals surface area (Å²) in [5, 5.41) is 0. The van der Waals surface area contributed by atoms with Crippen LogP contribution < -0.4 is 10.5 Å². The largest absolute Gasteiger partial charge is 0.325 e. The summed E-state index contributed by atoms with van der Waals surface area (Å²) in [5.41, 5.74) is 4.75. The smallest absolute Gasteiger partial charge is 0.273 e. The Bertz CT molecular complexity index is 496. The van der Waals surface area contributed by atoms with Gasteiger partial charge in [-0.05, 0) is 12.1 Å². The van der Waals surface area contributed by atoms with Crippen molar-refractivity contribution in [2.75, 3.05) is 13.1 Å². The molecule has 1 rings (SSSR count). The third-order valence-electron chi connectivity index (χ3n) is 1.95. The van der Waals surface area contributed by atoms with Gasteiger partial charge in [-0.3, -0.25) is 0 Å². The maximum atomic E-state index is 13.2. The molecule has 4 nitrogen and oxygen atoms in total. The second kappa shape index (κ2) is 6.37. The van der Waals surface area contributed by atoms with Gasteiger partial charge < -0.3 is 5.73 Å². The Kier molecular flexibility index (Phi) is 6.08. The topological polar surface area (TPSA) is 72.2 Å². The van der Waals surface area contributed by atoms with E-state index in [2.05, 4.69) is 0 Å². The van der Waals surface area contributed by atoms with E-state index in [0.717, 1.165) is 12.1 Å². The standard InChI is InChI=1S/C9H11F3N2O2S.ClH/c10-7-3-1-2-4-8(7)17(15,16)14-6-9(11,12)5-13;/h1-4,14H,5-6,13H2;1H. The molecule has 0 bridgehead atoms. The number of nitrogens with two attached hydrogens (primary N) is 1. The number of rotatable bonds is 5. The lowest BCUT2D eigenvalue weighted by Crippen LogP contribution is -2.41. The molecule has 0 aliphatic carbocycles. The first kappa shape index (κ1) is 17.2. The Morgan fingerprint density at radius 1 is 1.28 bits per heavy atom. The van der Waals surface area contributed by atoms with Crippen molar-refractivity contribution >= 4 is 22.4 Å². The summed E-state index contributed by atoms with van der Waals surface area (Å²) in [5.74, 6) is -4.37. The summed E-state index contributed by atoms with van der Waals surface area (Å²) in [6.07, 6.45) is 0. The lowest BCUT2D eigenvalue weighted by molar-refractivity contribution is 0.0170. The number of hydrogen-bond donors (Lipinski definition) is 2. The summed E-state index contributed by atoms with van der Waals surface area (Å²) < 4.78 is 63.3. The van der Waals surface area contributed by atoms with Gasteiger partial charge in [-0.1, -0.05) is 12.1 Å². The maximum absolute atomic E-state index is 13.2. The third kappa shape index (κ3) is 4.45. The minimum absolute atomic E-state index is 0. The molecule has 0 atom stereocenters. The molecular formula is C9H12ClF3N2O2S. The van der Waals surface area contributed by atoms with Gasteiger partial charge in [-0.15, -0.1) is 12.4 Å². The number of hydrogen-bond acceptors (Lipinski definition) is 3. The molecule has 0 saturated carbocycles. The van der Waals surface area contributed by atoms with Crippen molar-refractivity contribution in [1.82, 2.24) is 4.72 Å². The van der Waals surface area contributed by atoms with Crippen LogP contribution in [0.5, 0.6) is 0 Å². The minimum Gasteiger partial charge on any atom is -0.325 e. The van der Waals surface area contributed by atoms with Gasteiger partial charge in [0.25, 0.3) is 5.92 Å². The monoisotopic (exact) mass is 304 g/mol. The first-order valence-electron chi connectivity index (χ1n) is 4.60. The van der Waals surface area contributed by atoms with Gasteiger partial charge in [0.1, 0.15) is 10.7 Å². The quantitative estimate of drug-likeness (QED) is 0.856. The van der Waals surface area contributed by atoms with Crippen molar-refractivity contribution in [3.05, 3.63) is 30.1 Å². The summed E-state index contributed by atoms with van der Waals surface area (Å²) in [6.45, 7) is -2.16. The van der Waals surface area contributed by atoms with Crippen molar-refractivity contribution in [1.29, 1.82) is 0 Å². The average molecular weight is 305 g/mol. The first-order chi connectivity index (χ1) is 7.78. The fourth-order valence-electron chi connectivity index (χ4n) is 1.01. The van der Waals surface area contributed by atoms with E-state index in [4.69, 9.17) is 5.73 Å². The number of sulfonamides is 1. The predicted octanol–water partition coefficient (Wildman–Crippen LogP) is 1.12. The van der Waals surface area contributed by atoms with E-state index in [1.807, 2.05) is 0 Å². The van der Waals surface area contributed by atoms with E-state index in [1.165, 1.54) is 12.1 Å². The molecular weight excluding hydrogens is 293 g/mol. The van der Waals surface area contributed by atoms with Gasteiger partial charge in [-0.25, -0.2) is 26.3 Å². The number of benzene rings is 1. The van der Waals surface area contributed by atoms with Crippen LogP contribution >= 0.6 is 12.4 Å². The fraction of sp³-hybridized carbons (Fsp3) is 0.333. The fourth-order valence-corrected chi connectivity index (χ4v) is 2.15. The Hall–Kier alpha value is -0.830. The predicted molar refractivity (Wildman–Crippen MR) is 62.8 cm³/mol. The van der Waals surface area contributed by atoms with E-state index >= 15 is 0 Å². The Morgan fingerprint density at radius 2 is 1.83 bits per heavy atom. The first-order valence-corrected chi connectivity index (χ1v) is 6.09. The Balaban J connectivity index is 0.00000289. The maximum Gasteiger partial charge on any atom is 0.273 e. The van der Waals surface area contributed by atoms with E-state index < -0.39 is 39.7 Å². The molecule has 104 valence electrons. The summed E-state index contributed by atoms with van der Waals surface area (Å²) in [7, 11) is -4.29. The van der Waals surface area contributed by atoms with Crippen LogP contribution in [0.2, 0.25) is 0 Å². The Morgan fingerprint density at radius 3 is 2.33 bits per heavy atom. The minimum atomic E-state index is -4.29. The molecule has 0 radical (unpaired) electrons. The van der Waals surface area contributed by atoms with Crippen molar-refractivity contribution < 1.29 is 21.6 Å². The highest BCUT2D eigenvalue weighted by Gasteiger charge is 2.30. The summed E-state index contributed by atoms with van der Waals surface area (Å²) >= 11 is 0. The zero-order valence-corrected chi connectivity index (χ0v) is 10.7. The van der Waals surface area contributed by atoms with E-state index in [9.17, 15) is 21.6 Å². The highest BCUT2D eigenvalue weighted by Crippen LogP contribution is 2.15. The molecule has 0 heterocycles. The second-order valence-corrected chi connectivity index (χ2v) is 5.05. The van der Waals surface area contributed by atoms with Gasteiger partial charge in [0, 0.05) is 0 Å². The number of halogens is 4. The molecule has 0 fully saturated rings. The van der Waals surface area contributed by atoms with E-state index in [1.54, 1.807) is 4.72 Å². The summed E-state index contributed by atoms with van der Waals surface area (Å²) in [6, 6.07) is 4.50. The van der Waals surface area contributed by atoms with Crippen LogP contribution in [0.1, 0.15) is 0 Å². The van der Waals surface area contributed by atoms with Gasteiger partial charge in [0.05, 0.1) is 13.1 Å². The molecule has 0 aliphatic rings. The van der Waals surface area contributed by atoms with Gasteiger partial charge in [0.15, 0.2) is 0 Å². The van der Waals surface area contributed by atoms with Crippen LogP contribution in [0.3, 0.4) is 0 Å².